The van der Waals surface area contributed by atoms with Gasteiger partial charge in [-0.15, -0.1) is 0 Å². The first-order valence-corrected chi connectivity index (χ1v) is 5.48. The van der Waals surface area contributed by atoms with Gasteiger partial charge in [-0.3, -0.25) is 10.1 Å². The Morgan fingerprint density at radius 3 is 3.00 bits per heavy atom. The Kier molecular flexibility index (Phi) is 3.28. The van der Waals surface area contributed by atoms with E-state index in [1.54, 1.807) is 18.6 Å². The Morgan fingerprint density at radius 2 is 2.38 bits per heavy atom. The molecule has 0 aliphatic heterocycles. The highest BCUT2D eigenvalue weighted by molar-refractivity contribution is 7.15. The number of rotatable bonds is 5. The molecule has 0 fully saturated rings. The number of thiophene rings is 1. The highest BCUT2D eigenvalue weighted by atomic mass is 32.1. The number of nitrogens with zero attached hydrogens (tertiary/aromatic N) is 2. The van der Waals surface area contributed by atoms with E-state index in [1.807, 2.05) is 0 Å². The zero-order valence-electron chi connectivity index (χ0n) is 8.34. The normalized spacial score (nSPS) is 10.5. The summed E-state index contributed by atoms with van der Waals surface area (Å²) in [5.41, 5.74) is 0.992. The van der Waals surface area contributed by atoms with Crippen LogP contribution < -0.4 is 5.32 Å². The molecule has 2 rings (SSSR count). The third kappa shape index (κ3) is 2.65. The molecule has 2 N–H and O–H groups in total. The lowest BCUT2D eigenvalue weighted by Gasteiger charge is -1.99. The van der Waals surface area contributed by atoms with Gasteiger partial charge in [0.2, 0.25) is 0 Å². The van der Waals surface area contributed by atoms with Crippen molar-refractivity contribution in [3.8, 4) is 0 Å². The van der Waals surface area contributed by atoms with Crippen LogP contribution in [0.4, 0.5) is 5.00 Å². The number of hydrogen-bond acceptors (Lipinski definition) is 5. The molecular weight excluding hydrogens is 228 g/mol. The van der Waals surface area contributed by atoms with Crippen LogP contribution in [0.15, 0.2) is 24.7 Å². The van der Waals surface area contributed by atoms with Gasteiger partial charge in [-0.05, 0) is 6.07 Å². The molecule has 0 saturated heterocycles. The summed E-state index contributed by atoms with van der Waals surface area (Å²) in [5, 5.41) is 13.8. The molecule has 0 radical (unpaired) electrons. The number of hydrogen-bond donors (Lipinski definition) is 2. The standard InChI is InChI=1S/C9H10N4O2S/c14-13(15)9-2-1-8(16-9)5-10-3-7-4-11-6-12-7/h1-2,4,6,10H,3,5H2,(H,11,12). The SMILES string of the molecule is O=[N+]([O-])c1ccc(CNCc2cnc[nH]2)s1. The van der Waals surface area contributed by atoms with Crippen LogP contribution >= 0.6 is 11.3 Å². The molecule has 0 atom stereocenters. The molecule has 0 bridgehead atoms. The molecule has 0 aliphatic carbocycles. The summed E-state index contributed by atoms with van der Waals surface area (Å²) in [5.74, 6) is 0. The average molecular weight is 238 g/mol. The van der Waals surface area contributed by atoms with Crippen molar-refractivity contribution in [3.05, 3.63) is 45.3 Å². The molecule has 2 aromatic heterocycles. The van der Waals surface area contributed by atoms with Crippen LogP contribution in [-0.4, -0.2) is 14.9 Å². The fourth-order valence-corrected chi connectivity index (χ4v) is 2.05. The zero-order valence-corrected chi connectivity index (χ0v) is 9.16. The van der Waals surface area contributed by atoms with Crippen molar-refractivity contribution in [1.29, 1.82) is 0 Å². The first kappa shape index (κ1) is 10.8. The van der Waals surface area contributed by atoms with Crippen molar-refractivity contribution >= 4 is 16.3 Å². The van der Waals surface area contributed by atoms with Crippen LogP contribution in [0.1, 0.15) is 10.6 Å². The maximum absolute atomic E-state index is 10.5. The largest absolute Gasteiger partial charge is 0.347 e. The molecule has 16 heavy (non-hydrogen) atoms. The summed E-state index contributed by atoms with van der Waals surface area (Å²) in [6, 6.07) is 3.29. The Balaban J connectivity index is 1.83. The van der Waals surface area contributed by atoms with Gasteiger partial charge >= 0.3 is 5.00 Å². The minimum atomic E-state index is -0.372. The predicted molar refractivity (Wildman–Crippen MR) is 60.1 cm³/mol. The second-order valence-electron chi connectivity index (χ2n) is 3.18. The Labute approximate surface area is 95.5 Å². The van der Waals surface area contributed by atoms with Crippen molar-refractivity contribution < 1.29 is 4.92 Å². The molecule has 2 heterocycles. The van der Waals surface area contributed by atoms with E-state index in [4.69, 9.17) is 0 Å². The van der Waals surface area contributed by atoms with Gasteiger partial charge in [0.15, 0.2) is 0 Å². The molecule has 0 saturated carbocycles. The van der Waals surface area contributed by atoms with E-state index >= 15 is 0 Å². The summed E-state index contributed by atoms with van der Waals surface area (Å²) in [6.07, 6.45) is 3.36. The van der Waals surface area contributed by atoms with Crippen LogP contribution in [0, 0.1) is 10.1 Å². The van der Waals surface area contributed by atoms with E-state index in [-0.39, 0.29) is 9.92 Å². The zero-order chi connectivity index (χ0) is 11.4. The number of H-pyrrole nitrogens is 1. The molecule has 0 unspecified atom stereocenters. The maximum atomic E-state index is 10.5. The van der Waals surface area contributed by atoms with Gasteiger partial charge in [0, 0.05) is 35.9 Å². The molecule has 84 valence electrons. The Morgan fingerprint density at radius 1 is 1.50 bits per heavy atom. The van der Waals surface area contributed by atoms with Crippen LogP contribution in [0.25, 0.3) is 0 Å². The van der Waals surface area contributed by atoms with E-state index in [1.165, 1.54) is 17.4 Å². The third-order valence-electron chi connectivity index (χ3n) is 2.00. The third-order valence-corrected chi connectivity index (χ3v) is 3.03. The van der Waals surface area contributed by atoms with Gasteiger partial charge in [-0.1, -0.05) is 11.3 Å². The monoisotopic (exact) mass is 238 g/mol. The van der Waals surface area contributed by atoms with E-state index in [9.17, 15) is 10.1 Å². The van der Waals surface area contributed by atoms with Gasteiger partial charge in [0.1, 0.15) is 0 Å². The molecule has 0 amide bonds. The van der Waals surface area contributed by atoms with E-state index in [2.05, 4.69) is 15.3 Å². The second kappa shape index (κ2) is 4.86. The maximum Gasteiger partial charge on any atom is 0.324 e. The van der Waals surface area contributed by atoms with Crippen LogP contribution in [0.3, 0.4) is 0 Å². The smallest absolute Gasteiger partial charge is 0.324 e. The van der Waals surface area contributed by atoms with Gasteiger partial charge in [-0.2, -0.15) is 0 Å². The van der Waals surface area contributed by atoms with Crippen LogP contribution in [-0.2, 0) is 13.1 Å². The minimum absolute atomic E-state index is 0.179. The Hall–Kier alpha value is -1.73. The van der Waals surface area contributed by atoms with E-state index in [0.717, 1.165) is 10.6 Å². The molecule has 6 nitrogen and oxygen atoms in total. The number of nitrogens with one attached hydrogen (secondary N) is 2. The molecule has 7 heteroatoms. The lowest BCUT2D eigenvalue weighted by Crippen LogP contribution is -2.11. The number of imidazole rings is 1. The van der Waals surface area contributed by atoms with Crippen LogP contribution in [0.2, 0.25) is 0 Å². The summed E-state index contributed by atoms with van der Waals surface area (Å²) in [6.45, 7) is 1.29. The highest BCUT2D eigenvalue weighted by Crippen LogP contribution is 2.23. The Bertz CT molecular complexity index is 466. The number of nitro groups is 1. The van der Waals surface area contributed by atoms with Crippen molar-refractivity contribution in [2.75, 3.05) is 0 Å². The molecular formula is C9H10N4O2S. The molecule has 2 aromatic rings. The van der Waals surface area contributed by atoms with E-state index < -0.39 is 0 Å². The van der Waals surface area contributed by atoms with Gasteiger partial charge in [-0.25, -0.2) is 4.98 Å². The number of aromatic amines is 1. The fourth-order valence-electron chi connectivity index (χ4n) is 1.26. The topological polar surface area (TPSA) is 83.8 Å². The molecule has 0 spiro atoms. The van der Waals surface area contributed by atoms with Gasteiger partial charge < -0.3 is 10.3 Å². The first-order chi connectivity index (χ1) is 7.75. The van der Waals surface area contributed by atoms with Crippen molar-refractivity contribution in [3.63, 3.8) is 0 Å². The van der Waals surface area contributed by atoms with Crippen molar-refractivity contribution in [2.24, 2.45) is 0 Å². The average Bonchev–Trinajstić information content (AvgIpc) is 2.87. The van der Waals surface area contributed by atoms with Crippen LogP contribution in [0.5, 0.6) is 0 Å². The van der Waals surface area contributed by atoms with Crippen molar-refractivity contribution in [2.45, 2.75) is 13.1 Å². The summed E-state index contributed by atoms with van der Waals surface area (Å²) >= 11 is 1.19. The quantitative estimate of drug-likeness (QED) is 0.613. The highest BCUT2D eigenvalue weighted by Gasteiger charge is 2.08. The van der Waals surface area contributed by atoms with Gasteiger partial charge in [0.05, 0.1) is 11.3 Å². The molecule has 0 aliphatic rings. The number of aromatic nitrogens is 2. The summed E-state index contributed by atoms with van der Waals surface area (Å²) < 4.78 is 0. The molecule has 0 aromatic carbocycles. The van der Waals surface area contributed by atoms with Gasteiger partial charge in [0.25, 0.3) is 0 Å². The minimum Gasteiger partial charge on any atom is -0.347 e. The second-order valence-corrected chi connectivity index (χ2v) is 4.32. The van der Waals surface area contributed by atoms with E-state index in [0.29, 0.717) is 13.1 Å². The fraction of sp³-hybridized carbons (Fsp3) is 0.222. The summed E-state index contributed by atoms with van der Waals surface area (Å²) in [7, 11) is 0. The van der Waals surface area contributed by atoms with Crippen molar-refractivity contribution in [1.82, 2.24) is 15.3 Å². The first-order valence-electron chi connectivity index (χ1n) is 4.67. The predicted octanol–water partition coefficient (Wildman–Crippen LogP) is 1.67. The lowest BCUT2D eigenvalue weighted by molar-refractivity contribution is -0.380. The lowest BCUT2D eigenvalue weighted by atomic mass is 10.4. The summed E-state index contributed by atoms with van der Waals surface area (Å²) in [4.78, 5) is 17.9.